The minimum atomic E-state index is -3.14. The fourth-order valence-electron chi connectivity index (χ4n) is 2.03. The third-order valence-corrected chi connectivity index (χ3v) is 3.25. The van der Waals surface area contributed by atoms with Crippen molar-refractivity contribution < 1.29 is 18.4 Å². The summed E-state index contributed by atoms with van der Waals surface area (Å²) in [5, 5.41) is 0. The van der Waals surface area contributed by atoms with Gasteiger partial charge in [0.2, 0.25) is 11.6 Å². The van der Waals surface area contributed by atoms with E-state index >= 15 is 0 Å². The van der Waals surface area contributed by atoms with Crippen molar-refractivity contribution >= 4 is 11.6 Å². The maximum absolute atomic E-state index is 13.9. The van der Waals surface area contributed by atoms with Gasteiger partial charge in [0.05, 0.1) is 0 Å². The first-order valence-corrected chi connectivity index (χ1v) is 6.58. The van der Waals surface area contributed by atoms with Crippen molar-refractivity contribution in [1.29, 1.82) is 0 Å². The van der Waals surface area contributed by atoms with Crippen LogP contribution in [0.3, 0.4) is 0 Å². The molecule has 2 aromatic rings. The summed E-state index contributed by atoms with van der Waals surface area (Å²) in [7, 11) is 0. The van der Waals surface area contributed by atoms with Crippen LogP contribution < -0.4 is 0 Å². The van der Waals surface area contributed by atoms with Gasteiger partial charge in [-0.25, -0.2) is 8.78 Å². The quantitative estimate of drug-likeness (QED) is 0.608. The number of carbonyl (C=O) groups excluding carboxylic acids is 2. The highest BCUT2D eigenvalue weighted by Crippen LogP contribution is 2.34. The van der Waals surface area contributed by atoms with Gasteiger partial charge in [-0.1, -0.05) is 61.5 Å². The molecule has 0 N–H and O–H groups in total. The van der Waals surface area contributed by atoms with Crippen molar-refractivity contribution in [3.05, 3.63) is 71.3 Å². The normalized spacial score (nSPS) is 11.2. The van der Waals surface area contributed by atoms with Crippen molar-refractivity contribution in [2.24, 2.45) is 0 Å². The van der Waals surface area contributed by atoms with Crippen molar-refractivity contribution in [2.45, 2.75) is 19.3 Å². The average molecular weight is 288 g/mol. The summed E-state index contributed by atoms with van der Waals surface area (Å²) in [6.45, 7) is 1.33. The molecule has 21 heavy (non-hydrogen) atoms. The van der Waals surface area contributed by atoms with Crippen molar-refractivity contribution in [2.75, 3.05) is 0 Å². The maximum Gasteiger partial charge on any atom is 0.273 e. The average Bonchev–Trinajstić information content (AvgIpc) is 2.54. The molecule has 0 amide bonds. The van der Waals surface area contributed by atoms with Gasteiger partial charge in [0, 0.05) is 23.1 Å². The highest BCUT2D eigenvalue weighted by Gasteiger charge is 2.34. The van der Waals surface area contributed by atoms with E-state index in [9.17, 15) is 18.4 Å². The molecular weight excluding hydrogens is 274 g/mol. The molecule has 0 unspecified atom stereocenters. The molecule has 0 aliphatic carbocycles. The number of halogens is 2. The Balaban J connectivity index is 2.43. The van der Waals surface area contributed by atoms with Crippen LogP contribution in [0.25, 0.3) is 0 Å². The van der Waals surface area contributed by atoms with E-state index < -0.39 is 29.5 Å². The van der Waals surface area contributed by atoms with Crippen LogP contribution in [0.2, 0.25) is 0 Å². The van der Waals surface area contributed by atoms with Crippen molar-refractivity contribution in [1.82, 2.24) is 0 Å². The molecule has 0 saturated heterocycles. The molecule has 4 heteroatoms. The van der Waals surface area contributed by atoms with Crippen LogP contribution in [0, 0.1) is 0 Å². The molecule has 2 nitrogen and oxygen atoms in total. The first-order chi connectivity index (χ1) is 9.97. The molecule has 0 aliphatic heterocycles. The Morgan fingerprint density at radius 1 is 0.905 bits per heavy atom. The largest absolute Gasteiger partial charge is 0.285 e. The first-order valence-electron chi connectivity index (χ1n) is 6.58. The zero-order chi connectivity index (χ0) is 15.5. The number of hydrogen-bond donors (Lipinski definition) is 0. The monoisotopic (exact) mass is 288 g/mol. The lowest BCUT2D eigenvalue weighted by Gasteiger charge is -2.17. The van der Waals surface area contributed by atoms with Crippen molar-refractivity contribution in [3.8, 4) is 0 Å². The molecule has 0 heterocycles. The van der Waals surface area contributed by atoms with E-state index in [1.54, 1.807) is 18.2 Å². The Labute approximate surface area is 121 Å². The van der Waals surface area contributed by atoms with Crippen LogP contribution in [-0.2, 0) is 5.92 Å². The maximum atomic E-state index is 13.9. The SMILES string of the molecule is CCC(F)(F)c1ccccc1C(=O)C(=O)c1ccccc1. The van der Waals surface area contributed by atoms with Crippen LogP contribution in [0.1, 0.15) is 39.6 Å². The zero-order valence-corrected chi connectivity index (χ0v) is 11.5. The van der Waals surface area contributed by atoms with Gasteiger partial charge in [0.1, 0.15) is 0 Å². The van der Waals surface area contributed by atoms with E-state index in [0.717, 1.165) is 0 Å². The van der Waals surface area contributed by atoms with Gasteiger partial charge in [0.15, 0.2) is 0 Å². The number of benzene rings is 2. The van der Waals surface area contributed by atoms with Crippen LogP contribution in [-0.4, -0.2) is 11.6 Å². The van der Waals surface area contributed by atoms with E-state index in [-0.39, 0.29) is 11.1 Å². The van der Waals surface area contributed by atoms with Gasteiger partial charge < -0.3 is 0 Å². The van der Waals surface area contributed by atoms with E-state index in [0.29, 0.717) is 0 Å². The molecule has 0 fully saturated rings. The van der Waals surface area contributed by atoms with Crippen LogP contribution in [0.5, 0.6) is 0 Å². The van der Waals surface area contributed by atoms with E-state index in [2.05, 4.69) is 0 Å². The van der Waals surface area contributed by atoms with E-state index in [4.69, 9.17) is 0 Å². The minimum absolute atomic E-state index is 0.192. The van der Waals surface area contributed by atoms with Gasteiger partial charge in [-0.2, -0.15) is 0 Å². The summed E-state index contributed by atoms with van der Waals surface area (Å²) >= 11 is 0. The van der Waals surface area contributed by atoms with Crippen LogP contribution in [0.15, 0.2) is 54.6 Å². The third-order valence-electron chi connectivity index (χ3n) is 3.25. The molecule has 0 bridgehead atoms. The Hall–Kier alpha value is -2.36. The summed E-state index contributed by atoms with van der Waals surface area (Å²) in [6.07, 6.45) is -0.434. The van der Waals surface area contributed by atoms with E-state index in [1.165, 1.54) is 43.3 Å². The number of alkyl halides is 2. The summed E-state index contributed by atoms with van der Waals surface area (Å²) in [5.41, 5.74) is -0.447. The lowest BCUT2D eigenvalue weighted by Crippen LogP contribution is -2.21. The van der Waals surface area contributed by atoms with Crippen LogP contribution >= 0.6 is 0 Å². The fourth-order valence-corrected chi connectivity index (χ4v) is 2.03. The van der Waals surface area contributed by atoms with Crippen molar-refractivity contribution in [3.63, 3.8) is 0 Å². The summed E-state index contributed by atoms with van der Waals surface area (Å²) in [4.78, 5) is 24.4. The number of rotatable bonds is 5. The molecule has 0 aliphatic rings. The first kappa shape index (κ1) is 15.0. The Morgan fingerprint density at radius 2 is 1.48 bits per heavy atom. The minimum Gasteiger partial charge on any atom is -0.285 e. The molecule has 2 aromatic carbocycles. The molecule has 0 atom stereocenters. The summed E-state index contributed by atoms with van der Waals surface area (Å²) in [6, 6.07) is 13.3. The highest BCUT2D eigenvalue weighted by molar-refractivity contribution is 6.49. The lowest BCUT2D eigenvalue weighted by molar-refractivity contribution is -0.00897. The molecular formula is C17H14F2O2. The Morgan fingerprint density at radius 3 is 2.10 bits per heavy atom. The molecule has 108 valence electrons. The second-order valence-electron chi connectivity index (χ2n) is 4.63. The van der Waals surface area contributed by atoms with E-state index in [1.807, 2.05) is 0 Å². The third kappa shape index (κ3) is 3.05. The Bertz CT molecular complexity index is 664. The van der Waals surface area contributed by atoms with Gasteiger partial charge in [-0.3, -0.25) is 9.59 Å². The molecule has 0 spiro atoms. The smallest absolute Gasteiger partial charge is 0.273 e. The van der Waals surface area contributed by atoms with Gasteiger partial charge in [-0.05, 0) is 0 Å². The highest BCUT2D eigenvalue weighted by atomic mass is 19.3. The number of carbonyl (C=O) groups is 2. The number of Topliss-reactive ketones (excluding diaryl/α,β-unsaturated/α-hetero) is 2. The predicted octanol–water partition coefficient (Wildman–Crippen LogP) is 4.25. The number of ketones is 2. The topological polar surface area (TPSA) is 34.1 Å². The molecule has 2 rings (SSSR count). The van der Waals surface area contributed by atoms with Gasteiger partial charge in [-0.15, -0.1) is 0 Å². The molecule has 0 saturated carbocycles. The van der Waals surface area contributed by atoms with Gasteiger partial charge in [0.25, 0.3) is 5.92 Å². The van der Waals surface area contributed by atoms with Gasteiger partial charge >= 0.3 is 0 Å². The molecule has 0 radical (unpaired) electrons. The standard InChI is InChI=1S/C17H14F2O2/c1-2-17(18,19)14-11-7-6-10-13(14)16(21)15(20)12-8-4-3-5-9-12/h3-11H,2H2,1H3. The molecule has 0 aromatic heterocycles. The lowest BCUT2D eigenvalue weighted by atomic mass is 9.93. The zero-order valence-electron chi connectivity index (χ0n) is 11.5. The predicted molar refractivity (Wildman–Crippen MR) is 75.7 cm³/mol. The second-order valence-corrected chi connectivity index (χ2v) is 4.63. The van der Waals surface area contributed by atoms with Crippen LogP contribution in [0.4, 0.5) is 8.78 Å². The second kappa shape index (κ2) is 5.95. The summed E-state index contributed by atoms with van der Waals surface area (Å²) in [5.74, 6) is -4.83. The fraction of sp³-hybridized carbons (Fsp3) is 0.176. The summed E-state index contributed by atoms with van der Waals surface area (Å²) < 4.78 is 27.8. The Kier molecular flexibility index (Phi) is 4.26. The number of hydrogen-bond acceptors (Lipinski definition) is 2.